The normalized spacial score (nSPS) is 30.5. The van der Waals surface area contributed by atoms with E-state index in [0.29, 0.717) is 17.9 Å². The van der Waals surface area contributed by atoms with Crippen molar-refractivity contribution in [1.82, 2.24) is 10.2 Å². The minimum absolute atomic E-state index is 0.228. The highest BCUT2D eigenvalue weighted by atomic mass is 35.5. The smallest absolute Gasteiger partial charge is 0.220 e. The van der Waals surface area contributed by atoms with Crippen LogP contribution in [0.2, 0.25) is 5.02 Å². The van der Waals surface area contributed by atoms with Crippen LogP contribution in [0.1, 0.15) is 24.1 Å². The summed E-state index contributed by atoms with van der Waals surface area (Å²) < 4.78 is 0. The Hall–Kier alpha value is -0.580. The fourth-order valence-corrected chi connectivity index (χ4v) is 4.55. The second-order valence-corrected chi connectivity index (χ2v) is 7.17. The van der Waals surface area contributed by atoms with Gasteiger partial charge in [-0.3, -0.25) is 9.69 Å². The largest absolute Gasteiger partial charge is 0.356 e. The molecule has 1 aliphatic carbocycles. The summed E-state index contributed by atoms with van der Waals surface area (Å²) in [5, 5.41) is 5.91. The van der Waals surface area contributed by atoms with Crippen molar-refractivity contribution >= 4 is 28.8 Å². The van der Waals surface area contributed by atoms with E-state index in [1.807, 2.05) is 11.4 Å². The summed E-state index contributed by atoms with van der Waals surface area (Å²) in [7, 11) is 2.17. The number of fused-ring (bicyclic) bond motifs is 1. The summed E-state index contributed by atoms with van der Waals surface area (Å²) in [4.78, 5) is 15.1. The molecule has 1 amide bonds. The van der Waals surface area contributed by atoms with Crippen molar-refractivity contribution in [3.63, 3.8) is 0 Å². The van der Waals surface area contributed by atoms with E-state index in [1.54, 1.807) is 11.3 Å². The Morgan fingerprint density at radius 2 is 2.26 bits per heavy atom. The molecule has 0 unspecified atom stereocenters. The topological polar surface area (TPSA) is 32.3 Å². The third-order valence-electron chi connectivity index (χ3n) is 4.53. The minimum atomic E-state index is 0.228. The average molecular weight is 299 g/mol. The molecular formula is C14H19ClN2OS. The number of carbonyl (C=O) groups is 1. The summed E-state index contributed by atoms with van der Waals surface area (Å²) in [5.41, 5.74) is 0. The van der Waals surface area contributed by atoms with Gasteiger partial charge in [0.1, 0.15) is 0 Å². The maximum atomic E-state index is 11.4. The zero-order valence-electron chi connectivity index (χ0n) is 11.1. The van der Waals surface area contributed by atoms with E-state index in [9.17, 15) is 4.79 Å². The first-order valence-corrected chi connectivity index (χ1v) is 8.08. The quantitative estimate of drug-likeness (QED) is 0.930. The SMILES string of the molecule is CN(Cc1sccc1Cl)[C@H]1C[C@H]2CNC(=O)C[C@H]2C1. The molecule has 3 atom stereocenters. The molecule has 104 valence electrons. The number of nitrogens with zero attached hydrogens (tertiary/aromatic N) is 1. The van der Waals surface area contributed by atoms with Crippen LogP contribution in [-0.2, 0) is 11.3 Å². The van der Waals surface area contributed by atoms with Crippen molar-refractivity contribution in [2.45, 2.75) is 31.8 Å². The summed E-state index contributed by atoms with van der Waals surface area (Å²) >= 11 is 7.88. The van der Waals surface area contributed by atoms with E-state index in [2.05, 4.69) is 17.3 Å². The molecule has 1 N–H and O–H groups in total. The molecule has 0 radical (unpaired) electrons. The lowest BCUT2D eigenvalue weighted by Crippen LogP contribution is -2.38. The zero-order valence-corrected chi connectivity index (χ0v) is 12.6. The van der Waals surface area contributed by atoms with Crippen LogP contribution in [0.15, 0.2) is 11.4 Å². The molecule has 0 bridgehead atoms. The maximum absolute atomic E-state index is 11.4. The maximum Gasteiger partial charge on any atom is 0.220 e. The van der Waals surface area contributed by atoms with Crippen molar-refractivity contribution in [3.05, 3.63) is 21.3 Å². The van der Waals surface area contributed by atoms with Crippen LogP contribution in [0, 0.1) is 11.8 Å². The molecule has 0 spiro atoms. The van der Waals surface area contributed by atoms with Crippen LogP contribution in [-0.4, -0.2) is 30.4 Å². The molecule has 0 aromatic carbocycles. The predicted molar refractivity (Wildman–Crippen MR) is 78.4 cm³/mol. The van der Waals surface area contributed by atoms with E-state index in [-0.39, 0.29) is 5.91 Å². The third kappa shape index (κ3) is 2.81. The van der Waals surface area contributed by atoms with Gasteiger partial charge in [-0.2, -0.15) is 0 Å². The van der Waals surface area contributed by atoms with Crippen LogP contribution < -0.4 is 5.32 Å². The van der Waals surface area contributed by atoms with Crippen LogP contribution in [0.4, 0.5) is 0 Å². The highest BCUT2D eigenvalue weighted by Crippen LogP contribution is 2.39. The van der Waals surface area contributed by atoms with Crippen molar-refractivity contribution in [2.24, 2.45) is 11.8 Å². The summed E-state index contributed by atoms with van der Waals surface area (Å²) in [5.74, 6) is 1.48. The second kappa shape index (κ2) is 5.43. The van der Waals surface area contributed by atoms with E-state index in [1.165, 1.54) is 11.3 Å². The molecule has 3 nitrogen and oxygen atoms in total. The summed E-state index contributed by atoms with van der Waals surface area (Å²) in [6.07, 6.45) is 3.07. The van der Waals surface area contributed by atoms with Gasteiger partial charge in [0.05, 0.1) is 5.02 Å². The molecule has 2 aliphatic rings. The highest BCUT2D eigenvalue weighted by Gasteiger charge is 2.39. The first-order valence-electron chi connectivity index (χ1n) is 6.82. The number of hydrogen-bond donors (Lipinski definition) is 1. The Balaban J connectivity index is 1.61. The number of hydrogen-bond acceptors (Lipinski definition) is 3. The molecule has 1 saturated heterocycles. The van der Waals surface area contributed by atoms with Gasteiger partial charge in [0.25, 0.3) is 0 Å². The Bertz CT molecular complexity index is 476. The first-order chi connectivity index (χ1) is 9.13. The van der Waals surface area contributed by atoms with E-state index in [4.69, 9.17) is 11.6 Å². The molecule has 1 aromatic rings. The monoisotopic (exact) mass is 298 g/mol. The third-order valence-corrected chi connectivity index (χ3v) is 5.90. The predicted octanol–water partition coefficient (Wildman–Crippen LogP) is 2.75. The molecule has 3 rings (SSSR count). The van der Waals surface area contributed by atoms with Crippen LogP contribution in [0.25, 0.3) is 0 Å². The summed E-state index contributed by atoms with van der Waals surface area (Å²) in [6, 6.07) is 2.55. The van der Waals surface area contributed by atoms with Gasteiger partial charge in [-0.25, -0.2) is 0 Å². The lowest BCUT2D eigenvalue weighted by Gasteiger charge is -2.24. The average Bonchev–Trinajstić information content (AvgIpc) is 2.96. The molecule has 2 heterocycles. The van der Waals surface area contributed by atoms with Gasteiger partial charge in [-0.1, -0.05) is 11.6 Å². The Labute approximate surface area is 122 Å². The van der Waals surface area contributed by atoms with Gasteiger partial charge in [0.2, 0.25) is 5.91 Å². The molecule has 19 heavy (non-hydrogen) atoms. The number of thiophene rings is 1. The Morgan fingerprint density at radius 1 is 1.47 bits per heavy atom. The number of rotatable bonds is 3. The first kappa shape index (κ1) is 13.4. The second-order valence-electron chi connectivity index (χ2n) is 5.76. The van der Waals surface area contributed by atoms with Gasteiger partial charge in [0, 0.05) is 30.4 Å². The Morgan fingerprint density at radius 3 is 3.00 bits per heavy atom. The van der Waals surface area contributed by atoms with Gasteiger partial charge >= 0.3 is 0 Å². The van der Waals surface area contributed by atoms with E-state index in [0.717, 1.165) is 31.0 Å². The van der Waals surface area contributed by atoms with Gasteiger partial charge < -0.3 is 5.32 Å². The lowest BCUT2D eigenvalue weighted by atomic mass is 9.89. The molecule has 2 fully saturated rings. The minimum Gasteiger partial charge on any atom is -0.356 e. The van der Waals surface area contributed by atoms with Crippen molar-refractivity contribution in [3.8, 4) is 0 Å². The molecule has 5 heteroatoms. The van der Waals surface area contributed by atoms with Crippen molar-refractivity contribution in [2.75, 3.05) is 13.6 Å². The van der Waals surface area contributed by atoms with Gasteiger partial charge in [0.15, 0.2) is 0 Å². The highest BCUT2D eigenvalue weighted by molar-refractivity contribution is 7.10. The van der Waals surface area contributed by atoms with Gasteiger partial charge in [-0.15, -0.1) is 11.3 Å². The molecule has 1 saturated carbocycles. The van der Waals surface area contributed by atoms with Crippen LogP contribution in [0.3, 0.4) is 0 Å². The lowest BCUT2D eigenvalue weighted by molar-refractivity contribution is -0.124. The summed E-state index contributed by atoms with van der Waals surface area (Å²) in [6.45, 7) is 1.79. The fourth-order valence-electron chi connectivity index (χ4n) is 3.39. The number of halogens is 1. The number of piperidine rings is 1. The van der Waals surface area contributed by atoms with E-state index < -0.39 is 0 Å². The van der Waals surface area contributed by atoms with Crippen LogP contribution in [0.5, 0.6) is 0 Å². The Kier molecular flexibility index (Phi) is 3.83. The van der Waals surface area contributed by atoms with Crippen LogP contribution >= 0.6 is 22.9 Å². The fraction of sp³-hybridized carbons (Fsp3) is 0.643. The molecular weight excluding hydrogens is 280 g/mol. The molecule has 1 aromatic heterocycles. The van der Waals surface area contributed by atoms with Gasteiger partial charge in [-0.05, 0) is 43.2 Å². The zero-order chi connectivity index (χ0) is 13.4. The van der Waals surface area contributed by atoms with Crippen molar-refractivity contribution in [1.29, 1.82) is 0 Å². The standard InChI is InChI=1S/C14H19ClN2OS/c1-17(8-13-12(15)2-3-19-13)11-4-9-6-14(18)16-7-10(9)5-11/h2-3,9-11H,4-8H2,1H3,(H,16,18)/t9-,10+,11-/m1/s1. The molecule has 1 aliphatic heterocycles. The van der Waals surface area contributed by atoms with Crippen molar-refractivity contribution < 1.29 is 4.79 Å². The number of carbonyl (C=O) groups excluding carboxylic acids is 1. The number of amides is 1. The number of nitrogens with one attached hydrogen (secondary N) is 1. The van der Waals surface area contributed by atoms with E-state index >= 15 is 0 Å².